The van der Waals surface area contributed by atoms with Crippen LogP contribution in [0.25, 0.3) is 6.08 Å². The minimum Gasteiger partial charge on any atom is -0.333 e. The Hall–Kier alpha value is -2.84. The number of hydrogen-bond donors (Lipinski definition) is 2. The van der Waals surface area contributed by atoms with Crippen molar-refractivity contribution in [3.05, 3.63) is 77.3 Å². The number of aromatic nitrogens is 2. The normalized spacial score (nSPS) is 12.6. The molecule has 2 N–H and O–H groups in total. The molecule has 0 aliphatic heterocycles. The lowest BCUT2D eigenvalue weighted by molar-refractivity contribution is -0.116. The van der Waals surface area contributed by atoms with Crippen LogP contribution in [0.15, 0.2) is 66.7 Å². The van der Waals surface area contributed by atoms with Gasteiger partial charge in [-0.05, 0) is 37.6 Å². The number of hydrogen-bond acceptors (Lipinski definition) is 8. The zero-order valence-corrected chi connectivity index (χ0v) is 19.5. The molecule has 0 bridgehead atoms. The number of carbonyl (C=O) groups excluding carboxylic acids is 1. The van der Waals surface area contributed by atoms with Crippen molar-refractivity contribution in [1.82, 2.24) is 15.5 Å². The first-order valence-corrected chi connectivity index (χ1v) is 12.5. The third-order valence-corrected chi connectivity index (χ3v) is 7.46. The van der Waals surface area contributed by atoms with Gasteiger partial charge in [-0.2, -0.15) is 0 Å². The molecule has 1 heterocycles. The molecule has 3 rings (SSSR count). The quantitative estimate of drug-likeness (QED) is 0.285. The monoisotopic (exact) mass is 472 g/mol. The van der Waals surface area contributed by atoms with Crippen molar-refractivity contribution in [3.8, 4) is 0 Å². The Balaban J connectivity index is 1.84. The average molecular weight is 473 g/mol. The van der Waals surface area contributed by atoms with Crippen LogP contribution in [-0.2, 0) is 18.4 Å². The van der Waals surface area contributed by atoms with Gasteiger partial charge in [-0.15, -0.1) is 10.2 Å². The highest BCUT2D eigenvalue weighted by Crippen LogP contribution is 2.60. The summed E-state index contributed by atoms with van der Waals surface area (Å²) in [5.41, 5.74) is 1.70. The zero-order chi connectivity index (χ0) is 22.8. The highest BCUT2D eigenvalue weighted by molar-refractivity contribution is 7.54. The van der Waals surface area contributed by atoms with Crippen LogP contribution in [0.5, 0.6) is 0 Å². The van der Waals surface area contributed by atoms with E-state index in [4.69, 9.17) is 9.05 Å². The van der Waals surface area contributed by atoms with Gasteiger partial charge in [-0.3, -0.25) is 9.36 Å². The number of rotatable bonds is 11. The molecule has 3 aromatic rings. The minimum absolute atomic E-state index is 0.150. The summed E-state index contributed by atoms with van der Waals surface area (Å²) < 4.78 is 24.5. The van der Waals surface area contributed by atoms with Gasteiger partial charge in [-0.25, -0.2) is 0 Å². The maximum Gasteiger partial charge on any atom is 0.359 e. The molecule has 1 unspecified atom stereocenters. The van der Waals surface area contributed by atoms with Gasteiger partial charge in [0.2, 0.25) is 11.0 Å². The van der Waals surface area contributed by atoms with Gasteiger partial charge in [-0.1, -0.05) is 59.9 Å². The fraction of sp³-hybridized carbons (Fsp3) is 0.227. The van der Waals surface area contributed by atoms with Crippen LogP contribution in [-0.4, -0.2) is 29.3 Å². The maximum absolute atomic E-state index is 13.5. The maximum atomic E-state index is 13.5. The molecular formula is C22H25N4O4PS. The molecule has 2 aromatic carbocycles. The van der Waals surface area contributed by atoms with Crippen molar-refractivity contribution in [1.29, 1.82) is 0 Å². The predicted octanol–water partition coefficient (Wildman–Crippen LogP) is 5.38. The Kier molecular flexibility index (Phi) is 8.70. The van der Waals surface area contributed by atoms with Crippen LogP contribution in [0.1, 0.15) is 30.2 Å². The number of nitrogens with zero attached hydrogens (tertiary/aromatic N) is 2. The van der Waals surface area contributed by atoms with Crippen LogP contribution in [0.2, 0.25) is 0 Å². The van der Waals surface area contributed by atoms with Crippen LogP contribution in [0.4, 0.5) is 10.8 Å². The third kappa shape index (κ3) is 6.58. The second kappa shape index (κ2) is 11.7. The van der Waals surface area contributed by atoms with Gasteiger partial charge in [0.25, 0.3) is 0 Å². The Morgan fingerprint density at radius 1 is 1.03 bits per heavy atom. The van der Waals surface area contributed by atoms with Crippen molar-refractivity contribution >= 4 is 41.7 Å². The molecule has 0 aliphatic carbocycles. The van der Waals surface area contributed by atoms with Gasteiger partial charge in [0.1, 0.15) is 0 Å². The van der Waals surface area contributed by atoms with Crippen molar-refractivity contribution in [3.63, 3.8) is 0 Å². The molecular weight excluding hydrogens is 447 g/mol. The predicted molar refractivity (Wildman–Crippen MR) is 127 cm³/mol. The van der Waals surface area contributed by atoms with Gasteiger partial charge >= 0.3 is 7.60 Å². The molecule has 1 atom stereocenters. The lowest BCUT2D eigenvalue weighted by atomic mass is 10.2. The van der Waals surface area contributed by atoms with Gasteiger partial charge < -0.3 is 19.7 Å². The van der Waals surface area contributed by atoms with Gasteiger partial charge in [0, 0.05) is 11.8 Å². The molecule has 0 fully saturated rings. The van der Waals surface area contributed by atoms with E-state index in [2.05, 4.69) is 20.8 Å². The highest BCUT2D eigenvalue weighted by atomic mass is 32.1. The number of nitrogens with one attached hydrogen (secondary N) is 2. The second-order valence-electron chi connectivity index (χ2n) is 6.47. The summed E-state index contributed by atoms with van der Waals surface area (Å²) in [5.74, 6) is -1.55. The largest absolute Gasteiger partial charge is 0.359 e. The van der Waals surface area contributed by atoms with E-state index in [-0.39, 0.29) is 13.2 Å². The van der Waals surface area contributed by atoms with E-state index in [1.165, 1.54) is 17.4 Å². The number of amides is 1. The summed E-state index contributed by atoms with van der Waals surface area (Å²) in [4.78, 5) is 12.7. The van der Waals surface area contributed by atoms with Crippen LogP contribution in [0, 0.1) is 0 Å². The van der Waals surface area contributed by atoms with E-state index in [1.54, 1.807) is 19.9 Å². The number of anilines is 2. The Bertz CT molecular complexity index is 1070. The summed E-state index contributed by atoms with van der Waals surface area (Å²) >= 11 is 1.17. The molecule has 0 aliphatic rings. The smallest absolute Gasteiger partial charge is 0.333 e. The SMILES string of the molecule is CCOP(=O)(OCC)C(NC(=O)/C=C/c1ccccc1)c1nnc(Nc2ccccc2)s1. The minimum atomic E-state index is -3.76. The molecule has 32 heavy (non-hydrogen) atoms. The van der Waals surface area contributed by atoms with E-state index in [0.717, 1.165) is 11.3 Å². The standard InChI is InChI=1S/C22H25N4O4PS/c1-3-29-31(28,30-4-2)20(24-19(27)16-15-17-11-7-5-8-12-17)21-25-26-22(32-21)23-18-13-9-6-10-14-18/h5-16,20H,3-4H2,1-2H3,(H,23,26)(H,24,27)/b16-15+. The van der Waals surface area contributed by atoms with Crippen LogP contribution >= 0.6 is 18.9 Å². The molecule has 0 radical (unpaired) electrons. The molecule has 0 saturated heterocycles. The van der Waals surface area contributed by atoms with E-state index in [9.17, 15) is 9.36 Å². The topological polar surface area (TPSA) is 102 Å². The number of benzene rings is 2. The first kappa shape index (κ1) is 23.8. The lowest BCUT2D eigenvalue weighted by Crippen LogP contribution is -2.28. The summed E-state index contributed by atoms with van der Waals surface area (Å²) in [6, 6.07) is 18.9. The fourth-order valence-corrected chi connectivity index (χ4v) is 5.73. The third-order valence-electron chi connectivity index (χ3n) is 4.14. The lowest BCUT2D eigenvalue weighted by Gasteiger charge is -2.24. The summed E-state index contributed by atoms with van der Waals surface area (Å²) in [6.07, 6.45) is 3.04. The Morgan fingerprint density at radius 3 is 2.28 bits per heavy atom. The number of carbonyl (C=O) groups is 1. The molecule has 8 nitrogen and oxygen atoms in total. The summed E-state index contributed by atoms with van der Waals surface area (Å²) in [6.45, 7) is 3.72. The average Bonchev–Trinajstić information content (AvgIpc) is 3.25. The Labute approximate surface area is 191 Å². The van der Waals surface area contributed by atoms with Crippen molar-refractivity contribution in [2.75, 3.05) is 18.5 Å². The first-order chi connectivity index (χ1) is 15.5. The zero-order valence-electron chi connectivity index (χ0n) is 17.8. The van der Waals surface area contributed by atoms with Crippen LogP contribution in [0.3, 0.4) is 0 Å². The molecule has 1 amide bonds. The fourth-order valence-electron chi connectivity index (χ4n) is 2.78. The Morgan fingerprint density at radius 2 is 1.66 bits per heavy atom. The molecule has 1 aromatic heterocycles. The molecule has 168 valence electrons. The second-order valence-corrected chi connectivity index (χ2v) is 9.59. The highest BCUT2D eigenvalue weighted by Gasteiger charge is 2.40. The van der Waals surface area contributed by atoms with Crippen molar-refractivity contribution in [2.45, 2.75) is 19.6 Å². The van der Waals surface area contributed by atoms with E-state index >= 15 is 0 Å². The van der Waals surface area contributed by atoms with Gasteiger partial charge in [0.15, 0.2) is 10.8 Å². The van der Waals surface area contributed by atoms with Crippen molar-refractivity contribution in [2.24, 2.45) is 0 Å². The van der Waals surface area contributed by atoms with E-state index < -0.39 is 19.3 Å². The van der Waals surface area contributed by atoms with E-state index in [1.807, 2.05) is 60.7 Å². The molecule has 0 saturated carbocycles. The number of para-hydroxylation sites is 1. The van der Waals surface area contributed by atoms with Gasteiger partial charge in [0.05, 0.1) is 13.2 Å². The molecule has 10 heteroatoms. The first-order valence-electron chi connectivity index (χ1n) is 10.1. The van der Waals surface area contributed by atoms with Crippen molar-refractivity contribution < 1.29 is 18.4 Å². The summed E-state index contributed by atoms with van der Waals surface area (Å²) in [5, 5.41) is 15.0. The molecule has 0 spiro atoms. The summed E-state index contributed by atoms with van der Waals surface area (Å²) in [7, 11) is -3.76. The van der Waals surface area contributed by atoms with E-state index in [0.29, 0.717) is 10.1 Å². The van der Waals surface area contributed by atoms with Crippen LogP contribution < -0.4 is 10.6 Å².